The molecule has 0 aliphatic rings. The number of carbonyl (C=O) groups excluding carboxylic acids is 1. The predicted octanol–water partition coefficient (Wildman–Crippen LogP) is 1.06. The van der Waals surface area contributed by atoms with Crippen LogP contribution in [-0.4, -0.2) is 51.3 Å². The maximum absolute atomic E-state index is 11.4. The monoisotopic (exact) mass is 280 g/mol. The van der Waals surface area contributed by atoms with Crippen molar-refractivity contribution in [1.82, 2.24) is 4.90 Å². The van der Waals surface area contributed by atoms with E-state index in [9.17, 15) is 4.79 Å². The van der Waals surface area contributed by atoms with E-state index in [1.807, 2.05) is 38.4 Å². The van der Waals surface area contributed by atoms with Gasteiger partial charge in [-0.3, -0.25) is 4.79 Å². The van der Waals surface area contributed by atoms with E-state index < -0.39 is 12.0 Å². The summed E-state index contributed by atoms with van der Waals surface area (Å²) in [6, 6.07) is 6.98. The zero-order chi connectivity index (χ0) is 15.0. The Hall–Kier alpha value is -1.59. The Bertz CT molecular complexity index is 421. The molecule has 20 heavy (non-hydrogen) atoms. The molecule has 0 aliphatic carbocycles. The summed E-state index contributed by atoms with van der Waals surface area (Å²) in [4.78, 5) is 13.5. The fourth-order valence-electron chi connectivity index (χ4n) is 1.85. The summed E-state index contributed by atoms with van der Waals surface area (Å²) in [5.41, 5.74) is 6.71. The molecule has 2 N–H and O–H groups in total. The van der Waals surface area contributed by atoms with Gasteiger partial charge in [0.25, 0.3) is 0 Å². The van der Waals surface area contributed by atoms with E-state index in [0.29, 0.717) is 13.0 Å². The van der Waals surface area contributed by atoms with Gasteiger partial charge in [0.05, 0.1) is 13.7 Å². The van der Waals surface area contributed by atoms with Gasteiger partial charge in [0, 0.05) is 13.0 Å². The van der Waals surface area contributed by atoms with Crippen molar-refractivity contribution in [3.8, 4) is 5.75 Å². The molecule has 0 aliphatic heterocycles. The van der Waals surface area contributed by atoms with E-state index in [4.69, 9.17) is 10.5 Å². The van der Waals surface area contributed by atoms with Crippen LogP contribution in [0.5, 0.6) is 5.75 Å². The van der Waals surface area contributed by atoms with Gasteiger partial charge in [-0.2, -0.15) is 0 Å². The zero-order valence-corrected chi connectivity index (χ0v) is 12.5. The fraction of sp³-hybridized carbons (Fsp3) is 0.533. The molecule has 0 fully saturated rings. The minimum absolute atomic E-state index is 0.410. The van der Waals surface area contributed by atoms with Gasteiger partial charge in [0.2, 0.25) is 0 Å². The highest BCUT2D eigenvalue weighted by molar-refractivity contribution is 5.75. The van der Waals surface area contributed by atoms with Crippen molar-refractivity contribution in [2.24, 2.45) is 5.73 Å². The second-order valence-corrected chi connectivity index (χ2v) is 4.95. The van der Waals surface area contributed by atoms with Crippen LogP contribution in [0.3, 0.4) is 0 Å². The topological polar surface area (TPSA) is 64.8 Å². The lowest BCUT2D eigenvalue weighted by atomic mass is 10.1. The molecule has 1 aromatic carbocycles. The van der Waals surface area contributed by atoms with Crippen molar-refractivity contribution in [3.63, 3.8) is 0 Å². The number of nitrogens with two attached hydrogens (primary N) is 1. The second-order valence-electron chi connectivity index (χ2n) is 4.95. The molecular weight excluding hydrogens is 256 g/mol. The van der Waals surface area contributed by atoms with E-state index in [1.54, 1.807) is 0 Å². The van der Waals surface area contributed by atoms with E-state index in [1.165, 1.54) is 7.11 Å². The second kappa shape index (κ2) is 8.55. The molecule has 1 unspecified atom stereocenters. The summed E-state index contributed by atoms with van der Waals surface area (Å²) >= 11 is 0. The molecule has 0 heterocycles. The highest BCUT2D eigenvalue weighted by Crippen LogP contribution is 2.19. The summed E-state index contributed by atoms with van der Waals surface area (Å²) in [5.74, 6) is 0.373. The van der Waals surface area contributed by atoms with Crippen molar-refractivity contribution in [2.75, 3.05) is 34.4 Å². The molecule has 0 radical (unpaired) electrons. The van der Waals surface area contributed by atoms with Gasteiger partial charge in [-0.1, -0.05) is 18.2 Å². The smallest absolute Gasteiger partial charge is 0.322 e. The lowest BCUT2D eigenvalue weighted by Crippen LogP contribution is -2.33. The van der Waals surface area contributed by atoms with Gasteiger partial charge < -0.3 is 20.1 Å². The number of ether oxygens (including phenoxy) is 2. The quantitative estimate of drug-likeness (QED) is 0.570. The summed E-state index contributed by atoms with van der Waals surface area (Å²) in [6.45, 7) is 1.62. The van der Waals surface area contributed by atoms with Crippen molar-refractivity contribution < 1.29 is 14.3 Å². The maximum Gasteiger partial charge on any atom is 0.322 e. The fourth-order valence-corrected chi connectivity index (χ4v) is 1.85. The van der Waals surface area contributed by atoms with Crippen LogP contribution in [0.4, 0.5) is 0 Å². The maximum atomic E-state index is 11.4. The van der Waals surface area contributed by atoms with Crippen LogP contribution >= 0.6 is 0 Å². The van der Waals surface area contributed by atoms with Gasteiger partial charge >= 0.3 is 5.97 Å². The summed E-state index contributed by atoms with van der Waals surface area (Å²) in [6.07, 6.45) is 1.36. The molecule has 0 aromatic heterocycles. The molecule has 0 saturated heterocycles. The number of benzene rings is 1. The van der Waals surface area contributed by atoms with Crippen LogP contribution in [0.2, 0.25) is 0 Å². The number of para-hydroxylation sites is 1. The number of hydrogen-bond acceptors (Lipinski definition) is 5. The van der Waals surface area contributed by atoms with Gasteiger partial charge in [-0.05, 0) is 32.1 Å². The third kappa shape index (κ3) is 5.59. The van der Waals surface area contributed by atoms with Gasteiger partial charge in [0.1, 0.15) is 11.8 Å². The van der Waals surface area contributed by atoms with Gasteiger partial charge in [-0.25, -0.2) is 0 Å². The molecule has 0 bridgehead atoms. The van der Waals surface area contributed by atoms with Crippen molar-refractivity contribution in [3.05, 3.63) is 29.8 Å². The minimum Gasteiger partial charge on any atom is -0.493 e. The molecule has 0 saturated carbocycles. The van der Waals surface area contributed by atoms with Crippen molar-refractivity contribution in [1.29, 1.82) is 0 Å². The molecule has 5 heteroatoms. The molecule has 0 amide bonds. The average molecular weight is 280 g/mol. The summed E-state index contributed by atoms with van der Waals surface area (Å²) in [5, 5.41) is 0. The van der Waals surface area contributed by atoms with Crippen LogP contribution in [0.1, 0.15) is 12.0 Å². The number of hydrogen-bond donors (Lipinski definition) is 1. The summed E-state index contributed by atoms with van der Waals surface area (Å²) in [7, 11) is 5.40. The Morgan fingerprint density at radius 2 is 2.05 bits per heavy atom. The zero-order valence-electron chi connectivity index (χ0n) is 12.5. The van der Waals surface area contributed by atoms with Crippen LogP contribution in [-0.2, 0) is 16.0 Å². The van der Waals surface area contributed by atoms with E-state index in [0.717, 1.165) is 24.3 Å². The molecule has 1 aromatic rings. The Kier molecular flexibility index (Phi) is 7.04. The Balaban J connectivity index is 2.57. The van der Waals surface area contributed by atoms with E-state index >= 15 is 0 Å². The standard InChI is InChI=1S/C15H24N2O3/c1-17(2)9-6-10-20-14-8-5-4-7-12(14)11-13(16)15(18)19-3/h4-5,7-8,13H,6,9-11,16H2,1-3H3. The first-order valence-corrected chi connectivity index (χ1v) is 6.73. The Morgan fingerprint density at radius 3 is 2.70 bits per heavy atom. The Labute approximate surface area is 120 Å². The highest BCUT2D eigenvalue weighted by Gasteiger charge is 2.16. The van der Waals surface area contributed by atoms with Crippen LogP contribution in [0.15, 0.2) is 24.3 Å². The number of esters is 1. The highest BCUT2D eigenvalue weighted by atomic mass is 16.5. The molecule has 0 spiro atoms. The molecule has 1 rings (SSSR count). The first-order valence-electron chi connectivity index (χ1n) is 6.73. The van der Waals surface area contributed by atoms with Crippen LogP contribution in [0.25, 0.3) is 0 Å². The minimum atomic E-state index is -0.661. The number of rotatable bonds is 8. The van der Waals surface area contributed by atoms with Gasteiger partial charge in [-0.15, -0.1) is 0 Å². The third-order valence-electron chi connectivity index (χ3n) is 2.92. The largest absolute Gasteiger partial charge is 0.493 e. The molecule has 1 atom stereocenters. The molecular formula is C15H24N2O3. The number of methoxy groups -OCH3 is 1. The van der Waals surface area contributed by atoms with Crippen molar-refractivity contribution >= 4 is 5.97 Å². The number of carbonyl (C=O) groups is 1. The van der Waals surface area contributed by atoms with E-state index in [2.05, 4.69) is 9.64 Å². The predicted molar refractivity (Wildman–Crippen MR) is 78.8 cm³/mol. The lowest BCUT2D eigenvalue weighted by Gasteiger charge is -2.15. The van der Waals surface area contributed by atoms with Crippen LogP contribution < -0.4 is 10.5 Å². The lowest BCUT2D eigenvalue weighted by molar-refractivity contribution is -0.142. The van der Waals surface area contributed by atoms with Gasteiger partial charge in [0.15, 0.2) is 0 Å². The summed E-state index contributed by atoms with van der Waals surface area (Å²) < 4.78 is 10.4. The normalized spacial score (nSPS) is 12.2. The third-order valence-corrected chi connectivity index (χ3v) is 2.92. The first kappa shape index (κ1) is 16.5. The molecule has 5 nitrogen and oxygen atoms in total. The van der Waals surface area contributed by atoms with E-state index in [-0.39, 0.29) is 0 Å². The average Bonchev–Trinajstić information content (AvgIpc) is 2.44. The van der Waals surface area contributed by atoms with Crippen molar-refractivity contribution in [2.45, 2.75) is 18.9 Å². The number of nitrogens with zero attached hydrogens (tertiary/aromatic N) is 1. The first-order chi connectivity index (χ1) is 9.54. The SMILES string of the molecule is COC(=O)C(N)Cc1ccccc1OCCCN(C)C. The Morgan fingerprint density at radius 1 is 1.35 bits per heavy atom. The van der Waals surface area contributed by atoms with Crippen LogP contribution in [0, 0.1) is 0 Å². The molecule has 112 valence electrons.